The van der Waals surface area contributed by atoms with E-state index in [2.05, 4.69) is 44.2 Å². The number of carbonyl (C=O) groups excluding carboxylic acids is 1. The maximum absolute atomic E-state index is 12.3. The number of carbonyl (C=O) groups is 1. The van der Waals surface area contributed by atoms with E-state index < -0.39 is 11.7 Å². The van der Waals surface area contributed by atoms with Gasteiger partial charge < -0.3 is 19.7 Å². The average molecular weight is 457 g/mol. The van der Waals surface area contributed by atoms with Gasteiger partial charge >= 0.3 is 5.97 Å². The lowest BCUT2D eigenvalue weighted by molar-refractivity contribution is -0.153. The van der Waals surface area contributed by atoms with Crippen LogP contribution in [0.4, 0.5) is 0 Å². The Morgan fingerprint density at radius 3 is 2.03 bits per heavy atom. The lowest BCUT2D eigenvalue weighted by Gasteiger charge is -2.34. The third kappa shape index (κ3) is 6.81. The van der Waals surface area contributed by atoms with E-state index in [0.29, 0.717) is 5.75 Å². The molecule has 182 valence electrons. The predicted octanol–water partition coefficient (Wildman–Crippen LogP) is 5.03. The molecule has 1 atom stereocenters. The van der Waals surface area contributed by atoms with Crippen molar-refractivity contribution in [2.24, 2.45) is 0 Å². The van der Waals surface area contributed by atoms with Crippen LogP contribution in [0, 0.1) is 13.8 Å². The number of aliphatic hydroxyl groups excluding tert-OH is 2. The highest BCUT2D eigenvalue weighted by molar-refractivity contribution is 5.73. The first-order valence-electron chi connectivity index (χ1n) is 11.8. The van der Waals surface area contributed by atoms with E-state index in [1.807, 2.05) is 40.7 Å². The van der Waals surface area contributed by atoms with Crippen LogP contribution in [0.3, 0.4) is 0 Å². The number of ether oxygens (including phenoxy) is 2. The molecule has 0 spiro atoms. The minimum atomic E-state index is -0.892. The summed E-state index contributed by atoms with van der Waals surface area (Å²) in [6.45, 7) is 13.8. The van der Waals surface area contributed by atoms with Gasteiger partial charge in [0.25, 0.3) is 0 Å². The van der Waals surface area contributed by atoms with Gasteiger partial charge in [-0.25, -0.2) is 0 Å². The minimum Gasteiger partial charge on any atom is -0.491 e. The summed E-state index contributed by atoms with van der Waals surface area (Å²) in [6, 6.07) is 12.6. The normalized spacial score (nSPS) is 13.0. The Morgan fingerprint density at radius 1 is 0.970 bits per heavy atom. The van der Waals surface area contributed by atoms with Gasteiger partial charge in [0.05, 0.1) is 13.0 Å². The average Bonchev–Trinajstić information content (AvgIpc) is 2.74. The monoisotopic (exact) mass is 456 g/mol. The molecule has 0 radical (unpaired) electrons. The summed E-state index contributed by atoms with van der Waals surface area (Å²) in [5.41, 5.74) is 4.83. The third-order valence-electron chi connectivity index (χ3n) is 6.23. The Kier molecular flexibility index (Phi) is 9.10. The molecule has 33 heavy (non-hydrogen) atoms. The van der Waals surface area contributed by atoms with Crippen LogP contribution in [0.15, 0.2) is 36.4 Å². The van der Waals surface area contributed by atoms with Crippen molar-refractivity contribution >= 4 is 5.97 Å². The van der Waals surface area contributed by atoms with Crippen molar-refractivity contribution in [1.82, 2.24) is 0 Å². The second kappa shape index (κ2) is 11.2. The Balaban J connectivity index is 2.34. The van der Waals surface area contributed by atoms with E-state index in [1.165, 1.54) is 11.1 Å². The van der Waals surface area contributed by atoms with E-state index in [4.69, 9.17) is 14.6 Å². The smallest absolute Gasteiger partial charge is 0.310 e. The minimum absolute atomic E-state index is 0.0572. The summed E-state index contributed by atoms with van der Waals surface area (Å²) in [7, 11) is 0. The number of hydrogen-bond acceptors (Lipinski definition) is 5. The Hall–Kier alpha value is -2.37. The fraction of sp³-hybridized carbons (Fsp3) is 0.536. The van der Waals surface area contributed by atoms with Crippen LogP contribution in [0.25, 0.3) is 0 Å². The molecule has 0 heterocycles. The molecule has 2 aromatic rings. The molecule has 5 nitrogen and oxygen atoms in total. The van der Waals surface area contributed by atoms with Crippen molar-refractivity contribution in [2.75, 3.05) is 13.2 Å². The summed E-state index contributed by atoms with van der Waals surface area (Å²) in [6.07, 6.45) is 1.23. The quantitative estimate of drug-likeness (QED) is 0.491. The summed E-state index contributed by atoms with van der Waals surface area (Å²) in [5.74, 6) is 0.490. The van der Waals surface area contributed by atoms with Gasteiger partial charge in [-0.1, -0.05) is 44.2 Å². The number of benzene rings is 2. The van der Waals surface area contributed by atoms with Crippen LogP contribution in [0.1, 0.15) is 75.3 Å². The Morgan fingerprint density at radius 2 is 1.55 bits per heavy atom. The standard InChI is InChI=1S/C28H40O5/c1-8-28(9-2,23-12-13-25(20(4)15-23)32-18-24(30)17-29)22-11-10-21(19(3)14-22)16-26(31)33-27(5,6)7/h10-15,24,29-30H,8-9,16-18H2,1-7H3/t24-/m0/s1. The van der Waals surface area contributed by atoms with E-state index in [-0.39, 0.29) is 31.0 Å². The highest BCUT2D eigenvalue weighted by Crippen LogP contribution is 2.41. The Bertz CT molecular complexity index is 938. The van der Waals surface area contributed by atoms with Gasteiger partial charge in [0.1, 0.15) is 24.1 Å². The molecule has 0 saturated carbocycles. The molecule has 2 N–H and O–H groups in total. The molecule has 0 aliphatic rings. The summed E-state index contributed by atoms with van der Waals surface area (Å²) in [4.78, 5) is 12.3. The SMILES string of the molecule is CCC(CC)(c1ccc(CC(=O)OC(C)(C)C)c(C)c1)c1ccc(OC[C@@H](O)CO)c(C)c1. The number of aliphatic hydroxyl groups is 2. The van der Waals surface area contributed by atoms with Crippen LogP contribution in [-0.4, -0.2) is 41.1 Å². The van der Waals surface area contributed by atoms with Crippen molar-refractivity contribution in [3.63, 3.8) is 0 Å². The van der Waals surface area contributed by atoms with Crippen molar-refractivity contribution in [3.8, 4) is 5.75 Å². The number of esters is 1. The molecule has 0 aliphatic carbocycles. The molecule has 0 unspecified atom stereocenters. The van der Waals surface area contributed by atoms with Crippen LogP contribution in [0.5, 0.6) is 5.75 Å². The fourth-order valence-electron chi connectivity index (χ4n) is 4.31. The maximum Gasteiger partial charge on any atom is 0.310 e. The van der Waals surface area contributed by atoms with Crippen LogP contribution in [0.2, 0.25) is 0 Å². The lowest BCUT2D eigenvalue weighted by atomic mass is 9.70. The molecular formula is C28H40O5. The van der Waals surface area contributed by atoms with Gasteiger partial charge in [0, 0.05) is 5.41 Å². The van der Waals surface area contributed by atoms with E-state index in [9.17, 15) is 9.90 Å². The summed E-state index contributed by atoms with van der Waals surface area (Å²) in [5, 5.41) is 18.6. The van der Waals surface area contributed by atoms with Crippen molar-refractivity contribution in [2.45, 2.75) is 84.8 Å². The molecule has 0 aliphatic heterocycles. The maximum atomic E-state index is 12.3. The van der Waals surface area contributed by atoms with E-state index in [0.717, 1.165) is 29.5 Å². The molecule has 0 aromatic heterocycles. The van der Waals surface area contributed by atoms with Gasteiger partial charge in [0.15, 0.2) is 0 Å². The zero-order valence-corrected chi connectivity index (χ0v) is 21.2. The van der Waals surface area contributed by atoms with E-state index in [1.54, 1.807) is 0 Å². The van der Waals surface area contributed by atoms with Gasteiger partial charge in [-0.05, 0) is 81.3 Å². The molecule has 0 amide bonds. The number of hydrogen-bond donors (Lipinski definition) is 2. The molecule has 2 rings (SSSR count). The van der Waals surface area contributed by atoms with Gasteiger partial charge in [-0.2, -0.15) is 0 Å². The lowest BCUT2D eigenvalue weighted by Crippen LogP contribution is -2.27. The number of rotatable bonds is 10. The Labute approximate surface area is 198 Å². The van der Waals surface area contributed by atoms with E-state index >= 15 is 0 Å². The van der Waals surface area contributed by atoms with Gasteiger partial charge in [-0.3, -0.25) is 4.79 Å². The first kappa shape index (κ1) is 26.9. The highest BCUT2D eigenvalue weighted by atomic mass is 16.6. The zero-order chi connectivity index (χ0) is 24.8. The third-order valence-corrected chi connectivity index (χ3v) is 6.23. The van der Waals surface area contributed by atoms with Crippen LogP contribution in [-0.2, 0) is 21.4 Å². The summed E-state index contributed by atoms with van der Waals surface area (Å²) < 4.78 is 11.2. The second-order valence-electron chi connectivity index (χ2n) is 9.82. The summed E-state index contributed by atoms with van der Waals surface area (Å²) >= 11 is 0. The molecule has 0 bridgehead atoms. The first-order chi connectivity index (χ1) is 15.5. The molecular weight excluding hydrogens is 416 g/mol. The molecule has 5 heteroatoms. The highest BCUT2D eigenvalue weighted by Gasteiger charge is 2.31. The fourth-order valence-corrected chi connectivity index (χ4v) is 4.31. The predicted molar refractivity (Wildman–Crippen MR) is 132 cm³/mol. The van der Waals surface area contributed by atoms with Crippen molar-refractivity contribution < 1.29 is 24.5 Å². The van der Waals surface area contributed by atoms with Crippen molar-refractivity contribution in [3.05, 3.63) is 64.2 Å². The largest absolute Gasteiger partial charge is 0.491 e. The molecule has 2 aromatic carbocycles. The molecule has 0 fully saturated rings. The first-order valence-corrected chi connectivity index (χ1v) is 11.8. The van der Waals surface area contributed by atoms with Crippen molar-refractivity contribution in [1.29, 1.82) is 0 Å². The van der Waals surface area contributed by atoms with Crippen LogP contribution >= 0.6 is 0 Å². The topological polar surface area (TPSA) is 76.0 Å². The zero-order valence-electron chi connectivity index (χ0n) is 21.2. The second-order valence-corrected chi connectivity index (χ2v) is 9.82. The number of aryl methyl sites for hydroxylation is 2. The van der Waals surface area contributed by atoms with Gasteiger partial charge in [-0.15, -0.1) is 0 Å². The molecule has 0 saturated heterocycles. The van der Waals surface area contributed by atoms with Gasteiger partial charge in [0.2, 0.25) is 0 Å². The van der Waals surface area contributed by atoms with Crippen LogP contribution < -0.4 is 4.74 Å².